The Kier molecular flexibility index (Phi) is 3.03. The van der Waals surface area contributed by atoms with Gasteiger partial charge in [-0.2, -0.15) is 0 Å². The van der Waals surface area contributed by atoms with Gasteiger partial charge in [-0.1, -0.05) is 0 Å². The van der Waals surface area contributed by atoms with Gasteiger partial charge in [-0.05, 0) is 60.9 Å². The number of ether oxygens (including phenoxy) is 1. The molecular weight excluding hydrogens is 243 g/mol. The second-order valence-electron chi connectivity index (χ2n) is 4.61. The lowest BCUT2D eigenvalue weighted by Gasteiger charge is -2.17. The van der Waals surface area contributed by atoms with Crippen molar-refractivity contribution < 1.29 is 13.9 Å². The summed E-state index contributed by atoms with van der Waals surface area (Å²) < 4.78 is 18.4. The highest BCUT2D eigenvalue weighted by molar-refractivity contribution is 6.09. The smallest absolute Gasteiger partial charge is 0.193 e. The molecule has 1 aliphatic heterocycles. The highest BCUT2D eigenvalue weighted by atomic mass is 19.1. The SMILES string of the molecule is O=C(c1ccc(F)cc1)c1ccc2c(c1)CCCO2. The van der Waals surface area contributed by atoms with Gasteiger partial charge in [0.2, 0.25) is 0 Å². The van der Waals surface area contributed by atoms with E-state index in [1.807, 2.05) is 12.1 Å². The summed E-state index contributed by atoms with van der Waals surface area (Å²) in [5.74, 6) is 0.436. The van der Waals surface area contributed by atoms with Crippen molar-refractivity contribution in [1.82, 2.24) is 0 Å². The van der Waals surface area contributed by atoms with E-state index in [0.29, 0.717) is 11.1 Å². The number of carbonyl (C=O) groups excluding carboxylic acids is 1. The van der Waals surface area contributed by atoms with E-state index in [9.17, 15) is 9.18 Å². The minimum atomic E-state index is -0.338. The Balaban J connectivity index is 1.93. The first kappa shape index (κ1) is 11.9. The number of fused-ring (bicyclic) bond motifs is 1. The highest BCUT2D eigenvalue weighted by Crippen LogP contribution is 2.26. The number of carbonyl (C=O) groups is 1. The summed E-state index contributed by atoms with van der Waals surface area (Å²) in [5.41, 5.74) is 2.19. The molecule has 0 fully saturated rings. The van der Waals surface area contributed by atoms with Crippen molar-refractivity contribution in [2.75, 3.05) is 6.61 Å². The van der Waals surface area contributed by atoms with Crippen LogP contribution in [0.15, 0.2) is 42.5 Å². The van der Waals surface area contributed by atoms with Crippen LogP contribution in [0.1, 0.15) is 27.9 Å². The Hall–Kier alpha value is -2.16. The van der Waals surface area contributed by atoms with E-state index < -0.39 is 0 Å². The van der Waals surface area contributed by atoms with Gasteiger partial charge in [0.15, 0.2) is 5.78 Å². The predicted octanol–water partition coefficient (Wildman–Crippen LogP) is 3.38. The fraction of sp³-hybridized carbons (Fsp3) is 0.188. The van der Waals surface area contributed by atoms with Crippen LogP contribution in [0.25, 0.3) is 0 Å². The molecule has 0 saturated carbocycles. The summed E-state index contributed by atoms with van der Waals surface area (Å²) in [4.78, 5) is 12.3. The van der Waals surface area contributed by atoms with E-state index in [2.05, 4.69) is 0 Å². The second kappa shape index (κ2) is 4.84. The maximum Gasteiger partial charge on any atom is 0.193 e. The number of ketones is 1. The van der Waals surface area contributed by atoms with E-state index in [1.54, 1.807) is 6.07 Å². The van der Waals surface area contributed by atoms with Crippen LogP contribution in [0.2, 0.25) is 0 Å². The summed E-state index contributed by atoms with van der Waals surface area (Å²) in [6, 6.07) is 11.1. The molecule has 0 amide bonds. The van der Waals surface area contributed by atoms with Crippen molar-refractivity contribution >= 4 is 5.78 Å². The van der Waals surface area contributed by atoms with Crippen LogP contribution >= 0.6 is 0 Å². The van der Waals surface area contributed by atoms with Gasteiger partial charge in [0.1, 0.15) is 11.6 Å². The van der Waals surface area contributed by atoms with Crippen molar-refractivity contribution in [3.05, 3.63) is 65.0 Å². The summed E-state index contributed by atoms with van der Waals surface area (Å²) in [6.07, 6.45) is 1.90. The van der Waals surface area contributed by atoms with Crippen LogP contribution < -0.4 is 4.74 Å². The number of rotatable bonds is 2. The molecule has 0 radical (unpaired) electrons. The molecular formula is C16H13FO2. The van der Waals surface area contributed by atoms with E-state index >= 15 is 0 Å². The third kappa shape index (κ3) is 2.36. The van der Waals surface area contributed by atoms with Gasteiger partial charge in [-0.15, -0.1) is 0 Å². The molecule has 0 unspecified atom stereocenters. The van der Waals surface area contributed by atoms with Gasteiger partial charge in [0.05, 0.1) is 6.61 Å². The van der Waals surface area contributed by atoms with Crippen LogP contribution in [0.3, 0.4) is 0 Å². The van der Waals surface area contributed by atoms with Crippen LogP contribution in [-0.4, -0.2) is 12.4 Å². The minimum Gasteiger partial charge on any atom is -0.493 e. The van der Waals surface area contributed by atoms with Crippen LogP contribution in [-0.2, 0) is 6.42 Å². The van der Waals surface area contributed by atoms with Crippen LogP contribution in [0.5, 0.6) is 5.75 Å². The Bertz CT molecular complexity index is 617. The number of hydrogen-bond donors (Lipinski definition) is 0. The normalized spacial score (nSPS) is 13.5. The lowest BCUT2D eigenvalue weighted by atomic mass is 9.98. The molecule has 0 N–H and O–H groups in total. The third-order valence-corrected chi connectivity index (χ3v) is 3.28. The molecule has 2 aromatic carbocycles. The molecule has 3 heteroatoms. The van der Waals surface area contributed by atoms with Crippen molar-refractivity contribution in [3.63, 3.8) is 0 Å². The van der Waals surface area contributed by atoms with Gasteiger partial charge in [0, 0.05) is 11.1 Å². The van der Waals surface area contributed by atoms with Crippen molar-refractivity contribution in [1.29, 1.82) is 0 Å². The van der Waals surface area contributed by atoms with Crippen LogP contribution in [0.4, 0.5) is 4.39 Å². The summed E-state index contributed by atoms with van der Waals surface area (Å²) >= 11 is 0. The molecule has 0 aromatic heterocycles. The highest BCUT2D eigenvalue weighted by Gasteiger charge is 2.14. The summed E-state index contributed by atoms with van der Waals surface area (Å²) in [6.45, 7) is 0.734. The molecule has 2 nitrogen and oxygen atoms in total. The average molecular weight is 256 g/mol. The number of aryl methyl sites for hydroxylation is 1. The number of benzene rings is 2. The topological polar surface area (TPSA) is 26.3 Å². The van der Waals surface area contributed by atoms with Gasteiger partial charge >= 0.3 is 0 Å². The quantitative estimate of drug-likeness (QED) is 0.770. The molecule has 0 spiro atoms. The molecule has 0 aliphatic carbocycles. The second-order valence-corrected chi connectivity index (χ2v) is 4.61. The lowest BCUT2D eigenvalue weighted by molar-refractivity contribution is 0.103. The zero-order chi connectivity index (χ0) is 13.2. The minimum absolute atomic E-state index is 0.0895. The van der Waals surface area contributed by atoms with Crippen LogP contribution in [0, 0.1) is 5.82 Å². The molecule has 3 rings (SSSR count). The molecule has 0 saturated heterocycles. The fourth-order valence-corrected chi connectivity index (χ4v) is 2.27. The third-order valence-electron chi connectivity index (χ3n) is 3.28. The first-order valence-electron chi connectivity index (χ1n) is 6.30. The zero-order valence-corrected chi connectivity index (χ0v) is 10.4. The average Bonchev–Trinajstić information content (AvgIpc) is 2.47. The van der Waals surface area contributed by atoms with Gasteiger partial charge in [-0.25, -0.2) is 4.39 Å². The first-order valence-corrected chi connectivity index (χ1v) is 6.30. The number of hydrogen-bond acceptors (Lipinski definition) is 2. The van der Waals surface area contributed by atoms with Crippen molar-refractivity contribution in [2.24, 2.45) is 0 Å². The standard InChI is InChI=1S/C16H13FO2/c17-14-6-3-11(4-7-14)16(18)13-5-8-15-12(10-13)2-1-9-19-15/h3-8,10H,1-2,9H2. The molecule has 19 heavy (non-hydrogen) atoms. The molecule has 0 atom stereocenters. The van der Waals surface area contributed by atoms with Gasteiger partial charge in [0.25, 0.3) is 0 Å². The summed E-state index contributed by atoms with van der Waals surface area (Å²) in [7, 11) is 0. The Labute approximate surface area is 110 Å². The van der Waals surface area contributed by atoms with E-state index in [0.717, 1.165) is 30.8 Å². The maximum atomic E-state index is 12.8. The van der Waals surface area contributed by atoms with E-state index in [4.69, 9.17) is 4.74 Å². The summed E-state index contributed by atoms with van der Waals surface area (Å²) in [5, 5.41) is 0. The Morgan fingerprint density at radius 1 is 1.05 bits per heavy atom. The van der Waals surface area contributed by atoms with E-state index in [1.165, 1.54) is 24.3 Å². The Morgan fingerprint density at radius 2 is 1.79 bits per heavy atom. The predicted molar refractivity (Wildman–Crippen MR) is 70.1 cm³/mol. The molecule has 0 bridgehead atoms. The van der Waals surface area contributed by atoms with Gasteiger partial charge < -0.3 is 4.74 Å². The monoisotopic (exact) mass is 256 g/mol. The van der Waals surface area contributed by atoms with Crippen molar-refractivity contribution in [2.45, 2.75) is 12.8 Å². The van der Waals surface area contributed by atoms with Gasteiger partial charge in [-0.3, -0.25) is 4.79 Å². The van der Waals surface area contributed by atoms with Crippen molar-refractivity contribution in [3.8, 4) is 5.75 Å². The maximum absolute atomic E-state index is 12.8. The molecule has 1 aliphatic rings. The Morgan fingerprint density at radius 3 is 2.58 bits per heavy atom. The number of halogens is 1. The first-order chi connectivity index (χ1) is 9.24. The molecule has 1 heterocycles. The lowest BCUT2D eigenvalue weighted by Crippen LogP contribution is -2.10. The van der Waals surface area contributed by atoms with E-state index in [-0.39, 0.29) is 11.6 Å². The zero-order valence-electron chi connectivity index (χ0n) is 10.4. The molecule has 2 aromatic rings. The fourth-order valence-electron chi connectivity index (χ4n) is 2.27. The molecule has 96 valence electrons. The largest absolute Gasteiger partial charge is 0.493 e.